The van der Waals surface area contributed by atoms with Gasteiger partial charge in [-0.15, -0.1) is 0 Å². The fourth-order valence-corrected chi connectivity index (χ4v) is 7.69. The molecule has 57 heavy (non-hydrogen) atoms. The van der Waals surface area contributed by atoms with Crippen LogP contribution in [0.3, 0.4) is 0 Å². The highest BCUT2D eigenvalue weighted by Crippen LogP contribution is 2.42. The molecule has 0 aromatic heterocycles. The molecule has 2 saturated heterocycles. The number of amides is 2. The van der Waals surface area contributed by atoms with Crippen LogP contribution in [0.1, 0.15) is 125 Å². The number of carbonyl (C=O) groups is 3. The highest BCUT2D eigenvalue weighted by Gasteiger charge is 2.44. The largest absolute Gasteiger partial charge is 0.543 e. The number of aliphatic hydroxyl groups is 1. The summed E-state index contributed by atoms with van der Waals surface area (Å²) in [6.07, 6.45) is 5.45. The molecule has 0 bridgehead atoms. The first-order valence-electron chi connectivity index (χ1n) is 20.5. The second-order valence-electron chi connectivity index (χ2n) is 19.9. The Morgan fingerprint density at radius 3 is 2.14 bits per heavy atom. The van der Waals surface area contributed by atoms with E-state index in [0.717, 1.165) is 0 Å². The number of anilines is 1. The number of cyclic esters (lactones) is 1. The number of carbonyl (C=O) groups excluding carboxylic acids is 3. The van der Waals surface area contributed by atoms with Crippen molar-refractivity contribution in [1.29, 1.82) is 0 Å². The molecule has 3 aliphatic rings. The average molecular weight is 815 g/mol. The van der Waals surface area contributed by atoms with E-state index in [-0.39, 0.29) is 28.5 Å². The predicted octanol–water partition coefficient (Wildman–Crippen LogP) is 9.49. The van der Waals surface area contributed by atoms with Crippen LogP contribution in [0, 0.1) is 11.8 Å². The lowest BCUT2D eigenvalue weighted by atomic mass is 9.95. The van der Waals surface area contributed by atoms with Crippen LogP contribution in [-0.4, -0.2) is 97.5 Å². The number of fused-ring (bicyclic) bond motifs is 2. The van der Waals surface area contributed by atoms with Crippen molar-refractivity contribution < 1.29 is 47.6 Å². The van der Waals surface area contributed by atoms with Gasteiger partial charge in [0.25, 0.3) is 8.32 Å². The van der Waals surface area contributed by atoms with E-state index < -0.39 is 61.8 Å². The van der Waals surface area contributed by atoms with Crippen molar-refractivity contribution in [3.63, 3.8) is 0 Å². The molecule has 320 valence electrons. The summed E-state index contributed by atoms with van der Waals surface area (Å²) in [6.45, 7) is 30.3. The van der Waals surface area contributed by atoms with Gasteiger partial charge in [-0.25, -0.2) is 14.4 Å². The van der Waals surface area contributed by atoms with Gasteiger partial charge >= 0.3 is 18.2 Å². The zero-order valence-electron chi connectivity index (χ0n) is 37.2. The zero-order chi connectivity index (χ0) is 42.9. The summed E-state index contributed by atoms with van der Waals surface area (Å²) < 4.78 is 37.2. The van der Waals surface area contributed by atoms with Crippen molar-refractivity contribution >= 4 is 38.2 Å². The van der Waals surface area contributed by atoms with E-state index in [2.05, 4.69) is 33.9 Å². The third-order valence-corrected chi connectivity index (χ3v) is 15.3. The first-order valence-corrected chi connectivity index (χ1v) is 23.4. The van der Waals surface area contributed by atoms with E-state index in [0.29, 0.717) is 55.9 Å². The van der Waals surface area contributed by atoms with E-state index in [1.54, 1.807) is 21.9 Å². The van der Waals surface area contributed by atoms with Gasteiger partial charge in [-0.1, -0.05) is 52.0 Å². The Morgan fingerprint density at radius 2 is 1.56 bits per heavy atom. The summed E-state index contributed by atoms with van der Waals surface area (Å²) in [6, 6.07) is 3.58. The van der Waals surface area contributed by atoms with Gasteiger partial charge in [-0.3, -0.25) is 4.90 Å². The molecule has 13 heteroatoms. The average Bonchev–Trinajstić information content (AvgIpc) is 3.37. The lowest BCUT2D eigenvalue weighted by Crippen LogP contribution is -2.46. The standard InChI is InChI=1S/C44H70N2O10Si/c1-28-19-20-33(47)37-34(52-44(12,13)53-37)18-16-17-31-25-32(26-35(36(31)38(48)51-29(28)2)56-57(14,15)43(9,10)11)46(40(50)55-42(6,7)8)27-30-21-23-45(24-22-30)39(49)54-41(3,4)5/h16-17,19-20,25-26,28-30,33-34,37,47H,18,21-24,27H2,1-15H3/t28-,29+,33-,34+,37-/m1/s1. The Morgan fingerprint density at radius 1 is 0.947 bits per heavy atom. The molecule has 1 aromatic carbocycles. The molecule has 0 aliphatic carbocycles. The molecular weight excluding hydrogens is 745 g/mol. The number of ether oxygens (including phenoxy) is 5. The second kappa shape index (κ2) is 17.4. The maximum atomic E-state index is 14.4. The minimum atomic E-state index is -2.58. The lowest BCUT2D eigenvalue weighted by Gasteiger charge is -2.38. The normalized spacial score (nSPS) is 25.2. The molecule has 0 spiro atoms. The van der Waals surface area contributed by atoms with Gasteiger partial charge in [0.1, 0.15) is 40.8 Å². The van der Waals surface area contributed by atoms with Crippen molar-refractivity contribution in [2.24, 2.45) is 11.8 Å². The summed E-state index contributed by atoms with van der Waals surface area (Å²) in [5.41, 5.74) is -0.120. The van der Waals surface area contributed by atoms with E-state index in [9.17, 15) is 19.5 Å². The number of rotatable bonds is 5. The van der Waals surface area contributed by atoms with Gasteiger partial charge in [-0.2, -0.15) is 0 Å². The molecule has 5 atom stereocenters. The molecule has 1 N–H and O–H groups in total. The van der Waals surface area contributed by atoms with Gasteiger partial charge < -0.3 is 38.1 Å². The van der Waals surface area contributed by atoms with Crippen LogP contribution in [0.5, 0.6) is 5.75 Å². The zero-order valence-corrected chi connectivity index (χ0v) is 38.2. The molecule has 0 saturated carbocycles. The summed E-state index contributed by atoms with van der Waals surface area (Å²) in [7, 11) is -2.58. The second-order valence-corrected chi connectivity index (χ2v) is 24.6. The summed E-state index contributed by atoms with van der Waals surface area (Å²) in [5.74, 6) is -1.34. The van der Waals surface area contributed by atoms with Crippen LogP contribution in [0.2, 0.25) is 18.1 Å². The monoisotopic (exact) mass is 814 g/mol. The van der Waals surface area contributed by atoms with Gasteiger partial charge in [-0.05, 0) is 117 Å². The fraction of sp³-hybridized carbons (Fsp3) is 0.705. The highest BCUT2D eigenvalue weighted by molar-refractivity contribution is 6.74. The molecule has 3 heterocycles. The summed E-state index contributed by atoms with van der Waals surface area (Å²) in [4.78, 5) is 44.9. The van der Waals surface area contributed by atoms with Gasteiger partial charge in [0.2, 0.25) is 0 Å². The number of hydrogen-bond acceptors (Lipinski definition) is 10. The Balaban J connectivity index is 1.86. The van der Waals surface area contributed by atoms with Crippen LogP contribution in [-0.2, 0) is 23.7 Å². The minimum absolute atomic E-state index is 0.0387. The van der Waals surface area contributed by atoms with Crippen LogP contribution in [0.25, 0.3) is 6.08 Å². The van der Waals surface area contributed by atoms with Crippen molar-refractivity contribution in [1.82, 2.24) is 4.90 Å². The Labute approximate surface area is 342 Å². The number of esters is 1. The van der Waals surface area contributed by atoms with E-state index in [4.69, 9.17) is 28.1 Å². The highest BCUT2D eigenvalue weighted by atomic mass is 28.4. The SMILES string of the molecule is C[C@@H]1C=C[C@@H](O)[C@H]2OC(C)(C)O[C@H]2CC=Cc2cc(N(CC3CCN(C(=O)OC(C)(C)C)CC3)C(=O)OC(C)(C)C)cc(O[Si](C)(C)C(C)(C)C)c2C(=O)O[C@H]1C. The molecule has 0 unspecified atom stereocenters. The molecule has 12 nitrogen and oxygen atoms in total. The molecule has 1 aromatic rings. The van der Waals surface area contributed by atoms with Gasteiger partial charge in [0, 0.05) is 31.6 Å². The minimum Gasteiger partial charge on any atom is -0.543 e. The number of piperidine rings is 1. The molecule has 2 amide bonds. The molecular formula is C44H70N2O10Si. The van der Waals surface area contributed by atoms with Gasteiger partial charge in [0.15, 0.2) is 5.79 Å². The number of nitrogens with zero attached hydrogens (tertiary/aromatic N) is 2. The van der Waals surface area contributed by atoms with Gasteiger partial charge in [0.05, 0.1) is 11.8 Å². The van der Waals surface area contributed by atoms with E-state index >= 15 is 0 Å². The number of benzene rings is 1. The first-order chi connectivity index (χ1) is 26.1. The number of likely N-dealkylation sites (tertiary alicyclic amines) is 1. The molecule has 4 rings (SSSR count). The fourth-order valence-electron chi connectivity index (χ4n) is 6.68. The third-order valence-electron chi connectivity index (χ3n) is 11.0. The summed E-state index contributed by atoms with van der Waals surface area (Å²) in [5, 5.41) is 11.0. The summed E-state index contributed by atoms with van der Waals surface area (Å²) >= 11 is 0. The van der Waals surface area contributed by atoms with Crippen molar-refractivity contribution in [3.05, 3.63) is 41.5 Å². The van der Waals surface area contributed by atoms with Crippen molar-refractivity contribution in [2.45, 2.75) is 169 Å². The maximum absolute atomic E-state index is 14.4. The third kappa shape index (κ3) is 12.6. The number of aliphatic hydroxyl groups excluding tert-OH is 1. The Kier molecular flexibility index (Phi) is 14.2. The molecule has 0 radical (unpaired) electrons. The van der Waals surface area contributed by atoms with Crippen LogP contribution in [0.15, 0.2) is 30.4 Å². The van der Waals surface area contributed by atoms with Crippen LogP contribution < -0.4 is 9.33 Å². The van der Waals surface area contributed by atoms with Crippen molar-refractivity contribution in [2.75, 3.05) is 24.5 Å². The molecule has 3 aliphatic heterocycles. The molecule has 2 fully saturated rings. The first kappa shape index (κ1) is 46.3. The predicted molar refractivity (Wildman–Crippen MR) is 225 cm³/mol. The van der Waals surface area contributed by atoms with Crippen LogP contribution >= 0.6 is 0 Å². The van der Waals surface area contributed by atoms with Crippen molar-refractivity contribution in [3.8, 4) is 5.75 Å². The Bertz CT molecular complexity index is 1660. The maximum Gasteiger partial charge on any atom is 0.414 e. The topological polar surface area (TPSA) is 133 Å². The lowest BCUT2D eigenvalue weighted by molar-refractivity contribution is -0.152. The van der Waals surface area contributed by atoms with E-state index in [1.165, 1.54) is 0 Å². The quantitative estimate of drug-likeness (QED) is 0.133. The van der Waals surface area contributed by atoms with E-state index in [1.807, 2.05) is 93.5 Å². The van der Waals surface area contributed by atoms with Crippen LogP contribution in [0.4, 0.5) is 15.3 Å². The number of hydrogen-bond donors (Lipinski definition) is 1. The Hall–Kier alpha value is -3.39. The smallest absolute Gasteiger partial charge is 0.414 e.